The zero-order valence-corrected chi connectivity index (χ0v) is 9.66. The second kappa shape index (κ2) is 5.62. The van der Waals surface area contributed by atoms with Crippen molar-refractivity contribution in [2.45, 2.75) is 25.8 Å². The van der Waals surface area contributed by atoms with Gasteiger partial charge in [0, 0.05) is 18.0 Å². The lowest BCUT2D eigenvalue weighted by molar-refractivity contribution is -0.125. The van der Waals surface area contributed by atoms with Gasteiger partial charge in [-0.05, 0) is 25.3 Å². The predicted molar refractivity (Wildman–Crippen MR) is 64.7 cm³/mol. The molecule has 1 atom stereocenters. The molecule has 17 heavy (non-hydrogen) atoms. The molecule has 1 aromatic rings. The predicted octanol–water partition coefficient (Wildman–Crippen LogP) is 2.80. The van der Waals surface area contributed by atoms with E-state index in [9.17, 15) is 9.18 Å². The molecule has 0 spiro atoms. The summed E-state index contributed by atoms with van der Waals surface area (Å²) in [5.74, 6) is -0.194. The average molecular weight is 233 g/mol. The van der Waals surface area contributed by atoms with Crippen molar-refractivity contribution in [1.29, 1.82) is 0 Å². The van der Waals surface area contributed by atoms with Crippen molar-refractivity contribution < 1.29 is 9.18 Å². The maximum Gasteiger partial charge on any atom is 0.223 e. The van der Waals surface area contributed by atoms with Gasteiger partial charge in [-0.1, -0.05) is 30.4 Å². The van der Waals surface area contributed by atoms with Crippen LogP contribution in [-0.2, 0) is 11.3 Å². The Morgan fingerprint density at radius 1 is 1.35 bits per heavy atom. The summed E-state index contributed by atoms with van der Waals surface area (Å²) in [7, 11) is 0. The second-order valence-electron chi connectivity index (χ2n) is 4.29. The summed E-state index contributed by atoms with van der Waals surface area (Å²) in [6.07, 6.45) is 6.78. The van der Waals surface area contributed by atoms with Gasteiger partial charge in [-0.15, -0.1) is 0 Å². The highest BCUT2D eigenvalue weighted by Gasteiger charge is 2.18. The SMILES string of the molecule is O=C(NCc1ccccc1F)[C@@H]1CC=CCC1. The van der Waals surface area contributed by atoms with Crippen LogP contribution in [0.5, 0.6) is 0 Å². The van der Waals surface area contributed by atoms with Crippen molar-refractivity contribution in [3.05, 3.63) is 47.8 Å². The van der Waals surface area contributed by atoms with Crippen LogP contribution in [0.15, 0.2) is 36.4 Å². The summed E-state index contributed by atoms with van der Waals surface area (Å²) in [6, 6.07) is 6.52. The number of benzene rings is 1. The van der Waals surface area contributed by atoms with Gasteiger partial charge in [0.1, 0.15) is 5.82 Å². The van der Waals surface area contributed by atoms with E-state index in [1.807, 2.05) is 6.08 Å². The molecule has 0 saturated heterocycles. The molecule has 1 aromatic carbocycles. The molecule has 1 N–H and O–H groups in total. The third kappa shape index (κ3) is 3.16. The van der Waals surface area contributed by atoms with Crippen molar-refractivity contribution in [1.82, 2.24) is 5.32 Å². The molecule has 1 aliphatic rings. The number of carbonyl (C=O) groups excluding carboxylic acids is 1. The molecule has 0 radical (unpaired) electrons. The van der Waals surface area contributed by atoms with Gasteiger partial charge in [-0.25, -0.2) is 4.39 Å². The molecule has 0 fully saturated rings. The van der Waals surface area contributed by atoms with Gasteiger partial charge < -0.3 is 5.32 Å². The molecule has 3 heteroatoms. The first-order valence-electron chi connectivity index (χ1n) is 5.93. The molecule has 2 nitrogen and oxygen atoms in total. The Labute approximate surface area is 101 Å². The van der Waals surface area contributed by atoms with E-state index in [0.717, 1.165) is 19.3 Å². The average Bonchev–Trinajstić information content (AvgIpc) is 2.38. The number of halogens is 1. The number of amides is 1. The van der Waals surface area contributed by atoms with Crippen LogP contribution in [0.1, 0.15) is 24.8 Å². The van der Waals surface area contributed by atoms with Crippen LogP contribution in [0.2, 0.25) is 0 Å². The molecule has 1 amide bonds. The monoisotopic (exact) mass is 233 g/mol. The highest BCUT2D eigenvalue weighted by atomic mass is 19.1. The van der Waals surface area contributed by atoms with Crippen LogP contribution < -0.4 is 5.32 Å². The lowest BCUT2D eigenvalue weighted by Gasteiger charge is -2.17. The zero-order valence-electron chi connectivity index (χ0n) is 9.66. The second-order valence-corrected chi connectivity index (χ2v) is 4.29. The normalized spacial score (nSPS) is 19.0. The minimum Gasteiger partial charge on any atom is -0.352 e. The molecule has 0 saturated carbocycles. The number of rotatable bonds is 3. The van der Waals surface area contributed by atoms with Crippen molar-refractivity contribution in [3.8, 4) is 0 Å². The Kier molecular flexibility index (Phi) is 3.91. The van der Waals surface area contributed by atoms with Crippen LogP contribution in [-0.4, -0.2) is 5.91 Å². The van der Waals surface area contributed by atoms with Crippen molar-refractivity contribution in [2.75, 3.05) is 0 Å². The Hall–Kier alpha value is -1.64. The van der Waals surface area contributed by atoms with E-state index in [1.165, 1.54) is 6.07 Å². The largest absolute Gasteiger partial charge is 0.352 e. The Balaban J connectivity index is 1.88. The molecule has 0 heterocycles. The van der Waals surface area contributed by atoms with Crippen LogP contribution in [0.4, 0.5) is 4.39 Å². The van der Waals surface area contributed by atoms with E-state index < -0.39 is 0 Å². The van der Waals surface area contributed by atoms with Gasteiger partial charge in [0.15, 0.2) is 0 Å². The third-order valence-corrected chi connectivity index (χ3v) is 3.05. The van der Waals surface area contributed by atoms with Crippen LogP contribution in [0.3, 0.4) is 0 Å². The molecule has 0 unspecified atom stereocenters. The lowest BCUT2D eigenvalue weighted by atomic mass is 9.93. The molecule has 0 aromatic heterocycles. The van der Waals surface area contributed by atoms with E-state index in [0.29, 0.717) is 5.56 Å². The fourth-order valence-corrected chi connectivity index (χ4v) is 2.00. The molecular weight excluding hydrogens is 217 g/mol. The third-order valence-electron chi connectivity index (χ3n) is 3.05. The van der Waals surface area contributed by atoms with E-state index in [4.69, 9.17) is 0 Å². The number of hydrogen-bond donors (Lipinski definition) is 1. The first kappa shape index (κ1) is 11.8. The molecule has 1 aliphatic carbocycles. The van der Waals surface area contributed by atoms with Gasteiger partial charge in [0.25, 0.3) is 0 Å². The summed E-state index contributed by atoms with van der Waals surface area (Å²) in [6.45, 7) is 0.270. The van der Waals surface area contributed by atoms with E-state index >= 15 is 0 Å². The molecule has 90 valence electrons. The molecular formula is C14H16FNO. The summed E-state index contributed by atoms with van der Waals surface area (Å²) >= 11 is 0. The quantitative estimate of drug-likeness (QED) is 0.799. The zero-order chi connectivity index (χ0) is 12.1. The van der Waals surface area contributed by atoms with E-state index in [-0.39, 0.29) is 24.2 Å². The Morgan fingerprint density at radius 2 is 2.18 bits per heavy atom. The van der Waals surface area contributed by atoms with Crippen LogP contribution in [0, 0.1) is 11.7 Å². The van der Waals surface area contributed by atoms with Gasteiger partial charge in [0.05, 0.1) is 0 Å². The first-order valence-corrected chi connectivity index (χ1v) is 5.93. The minimum atomic E-state index is -0.267. The Bertz CT molecular complexity index is 428. The summed E-state index contributed by atoms with van der Waals surface area (Å²) < 4.78 is 13.3. The summed E-state index contributed by atoms with van der Waals surface area (Å²) in [4.78, 5) is 11.8. The van der Waals surface area contributed by atoms with Crippen molar-refractivity contribution >= 4 is 5.91 Å². The number of hydrogen-bond acceptors (Lipinski definition) is 1. The topological polar surface area (TPSA) is 29.1 Å². The van der Waals surface area contributed by atoms with Gasteiger partial charge in [0.2, 0.25) is 5.91 Å². The van der Waals surface area contributed by atoms with Crippen LogP contribution in [0.25, 0.3) is 0 Å². The molecule has 0 bridgehead atoms. The number of allylic oxidation sites excluding steroid dienone is 2. The van der Waals surface area contributed by atoms with E-state index in [1.54, 1.807) is 18.2 Å². The van der Waals surface area contributed by atoms with Gasteiger partial charge >= 0.3 is 0 Å². The van der Waals surface area contributed by atoms with Crippen molar-refractivity contribution in [2.24, 2.45) is 5.92 Å². The van der Waals surface area contributed by atoms with Crippen LogP contribution >= 0.6 is 0 Å². The number of nitrogens with one attached hydrogen (secondary N) is 1. The summed E-state index contributed by atoms with van der Waals surface area (Å²) in [5, 5.41) is 2.80. The number of carbonyl (C=O) groups is 1. The van der Waals surface area contributed by atoms with Crippen molar-refractivity contribution in [3.63, 3.8) is 0 Å². The van der Waals surface area contributed by atoms with E-state index in [2.05, 4.69) is 11.4 Å². The first-order chi connectivity index (χ1) is 8.27. The maximum absolute atomic E-state index is 13.3. The maximum atomic E-state index is 13.3. The fraction of sp³-hybridized carbons (Fsp3) is 0.357. The highest BCUT2D eigenvalue weighted by Crippen LogP contribution is 2.18. The molecule has 0 aliphatic heterocycles. The van der Waals surface area contributed by atoms with Gasteiger partial charge in [-0.3, -0.25) is 4.79 Å². The highest BCUT2D eigenvalue weighted by molar-refractivity contribution is 5.78. The minimum absolute atomic E-state index is 0.0256. The Morgan fingerprint density at radius 3 is 2.88 bits per heavy atom. The summed E-state index contributed by atoms with van der Waals surface area (Å²) in [5.41, 5.74) is 0.534. The fourth-order valence-electron chi connectivity index (χ4n) is 2.00. The smallest absolute Gasteiger partial charge is 0.223 e. The molecule has 2 rings (SSSR count). The van der Waals surface area contributed by atoms with Gasteiger partial charge in [-0.2, -0.15) is 0 Å². The lowest BCUT2D eigenvalue weighted by Crippen LogP contribution is -2.31. The standard InChI is InChI=1S/C14H16FNO/c15-13-9-5-4-8-12(13)10-16-14(17)11-6-2-1-3-7-11/h1-2,4-5,8-9,11H,3,6-7,10H2,(H,16,17)/t11-/m1/s1.